The summed E-state index contributed by atoms with van der Waals surface area (Å²) < 4.78 is 4.89. The summed E-state index contributed by atoms with van der Waals surface area (Å²) in [6.45, 7) is 3.38. The van der Waals surface area contributed by atoms with Crippen molar-refractivity contribution in [1.82, 2.24) is 4.90 Å². The maximum atomic E-state index is 10.6. The molecule has 2 unspecified atom stereocenters. The van der Waals surface area contributed by atoms with Gasteiger partial charge in [0.15, 0.2) is 0 Å². The number of nitrogens with zero attached hydrogens (tertiary/aromatic N) is 2. The average Bonchev–Trinajstić information content (AvgIpc) is 2.42. The molecule has 0 aromatic heterocycles. The highest BCUT2D eigenvalue weighted by Crippen LogP contribution is 2.21. The third kappa shape index (κ3) is 2.71. The molecular formula is C9H14N2O2. The number of nitriles is 1. The summed E-state index contributed by atoms with van der Waals surface area (Å²) in [6, 6.07) is 2.24. The van der Waals surface area contributed by atoms with E-state index in [1.807, 2.05) is 7.05 Å². The summed E-state index contributed by atoms with van der Waals surface area (Å²) >= 11 is 0. The van der Waals surface area contributed by atoms with E-state index in [0.717, 1.165) is 13.1 Å². The fourth-order valence-electron chi connectivity index (χ4n) is 1.63. The molecule has 1 aliphatic rings. The molecule has 0 aromatic rings. The molecule has 0 amide bonds. The van der Waals surface area contributed by atoms with Crippen molar-refractivity contribution in [1.29, 1.82) is 5.26 Å². The third-order valence-electron chi connectivity index (χ3n) is 2.29. The minimum absolute atomic E-state index is 0.00403. The van der Waals surface area contributed by atoms with Crippen LogP contribution in [0.25, 0.3) is 0 Å². The largest absolute Gasteiger partial charge is 0.465 e. The molecule has 0 aliphatic carbocycles. The zero-order valence-electron chi connectivity index (χ0n) is 7.99. The van der Waals surface area contributed by atoms with Gasteiger partial charge in [0.05, 0.1) is 18.6 Å². The Morgan fingerprint density at radius 2 is 2.38 bits per heavy atom. The van der Waals surface area contributed by atoms with Crippen molar-refractivity contribution in [3.63, 3.8) is 0 Å². The highest BCUT2D eigenvalue weighted by molar-refractivity contribution is 5.65. The number of hydrogen-bond donors (Lipinski definition) is 0. The summed E-state index contributed by atoms with van der Waals surface area (Å²) in [5.41, 5.74) is 0. The van der Waals surface area contributed by atoms with Crippen LogP contribution < -0.4 is 0 Å². The van der Waals surface area contributed by atoms with E-state index in [2.05, 4.69) is 11.0 Å². The molecule has 0 saturated carbocycles. The molecular weight excluding hydrogens is 168 g/mol. The average molecular weight is 182 g/mol. The Morgan fingerprint density at radius 1 is 1.69 bits per heavy atom. The summed E-state index contributed by atoms with van der Waals surface area (Å²) in [5.74, 6) is -0.0884. The zero-order chi connectivity index (χ0) is 9.84. The molecule has 2 atom stereocenters. The molecule has 0 N–H and O–H groups in total. The van der Waals surface area contributed by atoms with Gasteiger partial charge in [0.2, 0.25) is 0 Å². The minimum Gasteiger partial charge on any atom is -0.465 e. The van der Waals surface area contributed by atoms with Crippen LogP contribution in [0, 0.1) is 23.2 Å². The number of ether oxygens (including phenoxy) is 1. The van der Waals surface area contributed by atoms with Crippen molar-refractivity contribution in [2.24, 2.45) is 11.8 Å². The molecule has 0 bridgehead atoms. The van der Waals surface area contributed by atoms with Gasteiger partial charge in [-0.05, 0) is 7.05 Å². The molecule has 1 saturated heterocycles. The minimum atomic E-state index is -0.272. The highest BCUT2D eigenvalue weighted by Gasteiger charge is 2.31. The van der Waals surface area contributed by atoms with Crippen LogP contribution in [0.5, 0.6) is 0 Å². The van der Waals surface area contributed by atoms with E-state index in [1.165, 1.54) is 6.92 Å². The van der Waals surface area contributed by atoms with Crippen molar-refractivity contribution in [3.8, 4) is 6.07 Å². The molecule has 1 aliphatic heterocycles. The van der Waals surface area contributed by atoms with Crippen LogP contribution in [-0.4, -0.2) is 37.6 Å². The lowest BCUT2D eigenvalue weighted by molar-refractivity contribution is -0.142. The third-order valence-corrected chi connectivity index (χ3v) is 2.29. The quantitative estimate of drug-likeness (QED) is 0.574. The SMILES string of the molecule is CC(=O)OCC1CN(C)CC1C#N. The fourth-order valence-corrected chi connectivity index (χ4v) is 1.63. The van der Waals surface area contributed by atoms with Crippen LogP contribution in [0.2, 0.25) is 0 Å². The van der Waals surface area contributed by atoms with Crippen molar-refractivity contribution in [3.05, 3.63) is 0 Å². The monoisotopic (exact) mass is 182 g/mol. The van der Waals surface area contributed by atoms with Gasteiger partial charge in [0, 0.05) is 25.9 Å². The van der Waals surface area contributed by atoms with E-state index in [-0.39, 0.29) is 17.8 Å². The summed E-state index contributed by atoms with van der Waals surface area (Å²) in [6.07, 6.45) is 0. The molecule has 0 aromatic carbocycles. The molecule has 4 heteroatoms. The first-order chi connectivity index (χ1) is 6.13. The Labute approximate surface area is 78.1 Å². The lowest BCUT2D eigenvalue weighted by Gasteiger charge is -2.11. The Hall–Kier alpha value is -1.08. The molecule has 0 spiro atoms. The first-order valence-electron chi connectivity index (χ1n) is 4.35. The van der Waals surface area contributed by atoms with Crippen molar-refractivity contribution in [2.75, 3.05) is 26.7 Å². The Morgan fingerprint density at radius 3 is 2.92 bits per heavy atom. The Bertz CT molecular complexity index is 234. The van der Waals surface area contributed by atoms with Gasteiger partial charge in [0.1, 0.15) is 0 Å². The number of carbonyl (C=O) groups excluding carboxylic acids is 1. The fraction of sp³-hybridized carbons (Fsp3) is 0.778. The summed E-state index contributed by atoms with van der Waals surface area (Å²) in [4.78, 5) is 12.6. The van der Waals surface area contributed by atoms with Gasteiger partial charge in [-0.2, -0.15) is 5.26 Å². The normalized spacial score (nSPS) is 28.4. The number of esters is 1. The van der Waals surface area contributed by atoms with Gasteiger partial charge in [-0.3, -0.25) is 4.79 Å². The first kappa shape index (κ1) is 10.0. The van der Waals surface area contributed by atoms with Crippen LogP contribution >= 0.6 is 0 Å². The second kappa shape index (κ2) is 4.24. The Balaban J connectivity index is 2.41. The lowest BCUT2D eigenvalue weighted by Crippen LogP contribution is -2.19. The predicted octanol–water partition coefficient (Wildman–Crippen LogP) is 0.251. The predicted molar refractivity (Wildman–Crippen MR) is 46.7 cm³/mol. The Kier molecular flexibility index (Phi) is 3.26. The molecule has 72 valence electrons. The van der Waals surface area contributed by atoms with E-state index in [4.69, 9.17) is 10.00 Å². The van der Waals surface area contributed by atoms with Crippen LogP contribution in [0.3, 0.4) is 0 Å². The topological polar surface area (TPSA) is 53.3 Å². The molecule has 1 fully saturated rings. The molecule has 0 radical (unpaired) electrons. The number of rotatable bonds is 2. The van der Waals surface area contributed by atoms with E-state index < -0.39 is 0 Å². The standard InChI is InChI=1S/C9H14N2O2/c1-7(12)13-6-9-5-11(2)4-8(9)3-10/h8-9H,4-6H2,1-2H3. The van der Waals surface area contributed by atoms with Crippen LogP contribution in [0.15, 0.2) is 0 Å². The molecule has 1 rings (SSSR count). The maximum absolute atomic E-state index is 10.6. The van der Waals surface area contributed by atoms with Crippen molar-refractivity contribution in [2.45, 2.75) is 6.92 Å². The van der Waals surface area contributed by atoms with E-state index in [9.17, 15) is 4.79 Å². The molecule has 13 heavy (non-hydrogen) atoms. The highest BCUT2D eigenvalue weighted by atomic mass is 16.5. The smallest absolute Gasteiger partial charge is 0.302 e. The summed E-state index contributed by atoms with van der Waals surface area (Å²) in [7, 11) is 1.97. The van der Waals surface area contributed by atoms with Gasteiger partial charge < -0.3 is 9.64 Å². The van der Waals surface area contributed by atoms with Gasteiger partial charge in [0.25, 0.3) is 0 Å². The van der Waals surface area contributed by atoms with E-state index >= 15 is 0 Å². The molecule has 1 heterocycles. The lowest BCUT2D eigenvalue weighted by atomic mass is 9.99. The van der Waals surface area contributed by atoms with Gasteiger partial charge in [-0.1, -0.05) is 0 Å². The van der Waals surface area contributed by atoms with E-state index in [1.54, 1.807) is 0 Å². The van der Waals surface area contributed by atoms with Crippen molar-refractivity contribution < 1.29 is 9.53 Å². The molecule has 4 nitrogen and oxygen atoms in total. The number of carbonyl (C=O) groups is 1. The zero-order valence-corrected chi connectivity index (χ0v) is 7.99. The van der Waals surface area contributed by atoms with Crippen molar-refractivity contribution >= 4 is 5.97 Å². The van der Waals surface area contributed by atoms with Gasteiger partial charge >= 0.3 is 5.97 Å². The van der Waals surface area contributed by atoms with Gasteiger partial charge in [-0.15, -0.1) is 0 Å². The maximum Gasteiger partial charge on any atom is 0.302 e. The first-order valence-corrected chi connectivity index (χ1v) is 4.35. The number of likely N-dealkylation sites (tertiary alicyclic amines) is 1. The second-order valence-corrected chi connectivity index (χ2v) is 3.52. The van der Waals surface area contributed by atoms with Crippen LogP contribution in [0.4, 0.5) is 0 Å². The number of hydrogen-bond acceptors (Lipinski definition) is 4. The second-order valence-electron chi connectivity index (χ2n) is 3.52. The van der Waals surface area contributed by atoms with Crippen LogP contribution in [0.1, 0.15) is 6.92 Å². The summed E-state index contributed by atoms with van der Waals surface area (Å²) in [5, 5.41) is 8.80. The van der Waals surface area contributed by atoms with Gasteiger partial charge in [-0.25, -0.2) is 0 Å². The van der Waals surface area contributed by atoms with Crippen LogP contribution in [-0.2, 0) is 9.53 Å². The van der Waals surface area contributed by atoms with E-state index in [0.29, 0.717) is 6.61 Å².